The summed E-state index contributed by atoms with van der Waals surface area (Å²) in [4.78, 5) is 12.0. The molecule has 0 saturated heterocycles. The molecule has 0 spiro atoms. The van der Waals surface area contributed by atoms with Crippen molar-refractivity contribution in [2.75, 3.05) is 12.3 Å². The minimum atomic E-state index is -0.484. The van der Waals surface area contributed by atoms with Gasteiger partial charge in [0.15, 0.2) is 0 Å². The van der Waals surface area contributed by atoms with Crippen molar-refractivity contribution in [3.05, 3.63) is 24.3 Å². The smallest absolute Gasteiger partial charge is 0.140 e. The second kappa shape index (κ2) is 5.37. The number of rotatable bonds is 5. The largest absolute Gasteiger partial charge is 0.398 e. The molecule has 0 radical (unpaired) electrons. The van der Waals surface area contributed by atoms with E-state index in [9.17, 15) is 4.79 Å². The maximum absolute atomic E-state index is 11.0. The third-order valence-electron chi connectivity index (χ3n) is 2.35. The van der Waals surface area contributed by atoms with Crippen molar-refractivity contribution < 1.29 is 4.79 Å². The van der Waals surface area contributed by atoms with Crippen LogP contribution in [0, 0.1) is 0 Å². The highest BCUT2D eigenvalue weighted by molar-refractivity contribution is 7.97. The molecule has 0 fully saturated rings. The van der Waals surface area contributed by atoms with Gasteiger partial charge in [0.25, 0.3) is 0 Å². The average Bonchev–Trinajstić information content (AvgIpc) is 2.27. The van der Waals surface area contributed by atoms with Gasteiger partial charge in [-0.25, -0.2) is 4.31 Å². The molecule has 88 valence electrons. The molecule has 4 heteroatoms. The summed E-state index contributed by atoms with van der Waals surface area (Å²) in [6, 6.07) is 7.68. The minimum Gasteiger partial charge on any atom is -0.398 e. The number of nitrogens with two attached hydrogens (primary N) is 1. The zero-order valence-corrected chi connectivity index (χ0v) is 10.8. The van der Waals surface area contributed by atoms with Gasteiger partial charge in [-0.1, -0.05) is 19.1 Å². The lowest BCUT2D eigenvalue weighted by atomic mass is 10.1. The molecule has 1 aromatic rings. The molecule has 3 nitrogen and oxygen atoms in total. The topological polar surface area (TPSA) is 46.3 Å². The van der Waals surface area contributed by atoms with Crippen molar-refractivity contribution in [1.29, 1.82) is 0 Å². The van der Waals surface area contributed by atoms with Crippen LogP contribution >= 0.6 is 11.9 Å². The van der Waals surface area contributed by atoms with Crippen LogP contribution in [0.15, 0.2) is 29.2 Å². The summed E-state index contributed by atoms with van der Waals surface area (Å²) in [6.07, 6.45) is 0.961. The van der Waals surface area contributed by atoms with Crippen molar-refractivity contribution in [1.82, 2.24) is 4.31 Å². The lowest BCUT2D eigenvalue weighted by Crippen LogP contribution is -2.40. The number of carbonyl (C=O) groups is 1. The molecule has 0 unspecified atom stereocenters. The highest BCUT2D eigenvalue weighted by atomic mass is 32.2. The predicted octanol–water partition coefficient (Wildman–Crippen LogP) is 2.58. The van der Waals surface area contributed by atoms with E-state index in [2.05, 4.69) is 0 Å². The fraction of sp³-hybridized carbons (Fsp3) is 0.417. The summed E-state index contributed by atoms with van der Waals surface area (Å²) >= 11 is 1.52. The average molecular weight is 238 g/mol. The standard InChI is InChI=1S/C12H18N2OS/c1-4-14(12(2,3)9-15)16-11-8-6-5-7-10(11)13/h5-9H,4,13H2,1-3H3. The molecule has 1 aromatic carbocycles. The van der Waals surface area contributed by atoms with Gasteiger partial charge in [-0.3, -0.25) is 0 Å². The third kappa shape index (κ3) is 3.00. The molecule has 0 heterocycles. The number of hydrogen-bond acceptors (Lipinski definition) is 4. The number of nitrogens with zero attached hydrogens (tertiary/aromatic N) is 1. The van der Waals surface area contributed by atoms with Crippen LogP contribution in [0.2, 0.25) is 0 Å². The summed E-state index contributed by atoms with van der Waals surface area (Å²) in [6.45, 7) is 6.60. The summed E-state index contributed by atoms with van der Waals surface area (Å²) in [5.74, 6) is 0. The third-order valence-corrected chi connectivity index (χ3v) is 3.86. The Labute approximate surface area is 101 Å². The van der Waals surface area contributed by atoms with Gasteiger partial charge >= 0.3 is 0 Å². The zero-order chi connectivity index (χ0) is 12.2. The Morgan fingerprint density at radius 3 is 2.56 bits per heavy atom. The molecule has 0 atom stereocenters. The van der Waals surface area contributed by atoms with Gasteiger partial charge in [0.05, 0.1) is 5.54 Å². The first-order valence-corrected chi connectivity index (χ1v) is 6.05. The maximum atomic E-state index is 11.0. The number of benzene rings is 1. The van der Waals surface area contributed by atoms with Crippen molar-refractivity contribution in [2.45, 2.75) is 31.2 Å². The Bertz CT molecular complexity index is 366. The van der Waals surface area contributed by atoms with E-state index in [-0.39, 0.29) is 0 Å². The molecule has 1 rings (SSSR count). The molecule has 2 N–H and O–H groups in total. The first-order valence-electron chi connectivity index (χ1n) is 5.27. The fourth-order valence-electron chi connectivity index (χ4n) is 1.33. The van der Waals surface area contributed by atoms with E-state index in [1.165, 1.54) is 11.9 Å². The SMILES string of the molecule is CCN(Sc1ccccc1N)C(C)(C)C=O. The number of likely N-dealkylation sites (N-methyl/N-ethyl adjacent to an activating group) is 1. The van der Waals surface area contributed by atoms with E-state index in [0.29, 0.717) is 0 Å². The summed E-state index contributed by atoms with van der Waals surface area (Å²) < 4.78 is 2.02. The first kappa shape index (κ1) is 13.1. The Hall–Kier alpha value is -1.00. The van der Waals surface area contributed by atoms with Crippen molar-refractivity contribution in [3.63, 3.8) is 0 Å². The lowest BCUT2D eigenvalue weighted by molar-refractivity contribution is -0.114. The van der Waals surface area contributed by atoms with Gasteiger partial charge in [0.1, 0.15) is 6.29 Å². The Morgan fingerprint density at radius 2 is 2.06 bits per heavy atom. The summed E-state index contributed by atoms with van der Waals surface area (Å²) in [5.41, 5.74) is 6.13. The van der Waals surface area contributed by atoms with Crippen LogP contribution in [0.3, 0.4) is 0 Å². The molecular weight excluding hydrogens is 220 g/mol. The first-order chi connectivity index (χ1) is 7.51. The Balaban J connectivity index is 2.86. The predicted molar refractivity (Wildman–Crippen MR) is 69.2 cm³/mol. The minimum absolute atomic E-state index is 0.484. The van der Waals surface area contributed by atoms with Gasteiger partial charge in [-0.2, -0.15) is 0 Å². The Morgan fingerprint density at radius 1 is 1.44 bits per heavy atom. The molecule has 0 aromatic heterocycles. The molecule has 0 aliphatic carbocycles. The zero-order valence-electron chi connectivity index (χ0n) is 9.93. The van der Waals surface area contributed by atoms with Crippen molar-refractivity contribution in [2.24, 2.45) is 0 Å². The van der Waals surface area contributed by atoms with Crippen LogP contribution in [0.5, 0.6) is 0 Å². The molecule has 16 heavy (non-hydrogen) atoms. The molecule has 0 bridgehead atoms. The lowest BCUT2D eigenvalue weighted by Gasteiger charge is -2.31. The van der Waals surface area contributed by atoms with Crippen LogP contribution in [0.4, 0.5) is 5.69 Å². The van der Waals surface area contributed by atoms with Crippen LogP contribution in [0.1, 0.15) is 20.8 Å². The molecule has 0 aliphatic heterocycles. The number of aldehydes is 1. The van der Waals surface area contributed by atoms with Crippen LogP contribution in [-0.2, 0) is 4.79 Å². The van der Waals surface area contributed by atoms with E-state index in [1.54, 1.807) is 0 Å². The maximum Gasteiger partial charge on any atom is 0.140 e. The van der Waals surface area contributed by atoms with E-state index in [0.717, 1.165) is 23.4 Å². The number of carbonyl (C=O) groups excluding carboxylic acids is 1. The van der Waals surface area contributed by atoms with Crippen LogP contribution in [0.25, 0.3) is 0 Å². The van der Waals surface area contributed by atoms with Crippen LogP contribution < -0.4 is 5.73 Å². The number of para-hydroxylation sites is 1. The second-order valence-electron chi connectivity index (χ2n) is 4.10. The second-order valence-corrected chi connectivity index (χ2v) is 5.16. The van der Waals surface area contributed by atoms with Gasteiger partial charge in [0.2, 0.25) is 0 Å². The van der Waals surface area contributed by atoms with Crippen molar-refractivity contribution >= 4 is 23.9 Å². The molecule has 0 saturated carbocycles. The van der Waals surface area contributed by atoms with Gasteiger partial charge in [-0.05, 0) is 37.9 Å². The Kier molecular flexibility index (Phi) is 4.38. The highest BCUT2D eigenvalue weighted by Gasteiger charge is 2.26. The van der Waals surface area contributed by atoms with Gasteiger partial charge in [0, 0.05) is 17.1 Å². The number of anilines is 1. The van der Waals surface area contributed by atoms with Gasteiger partial charge in [-0.15, -0.1) is 0 Å². The normalized spacial score (nSPS) is 11.8. The number of nitrogen functional groups attached to an aromatic ring is 1. The van der Waals surface area contributed by atoms with E-state index in [4.69, 9.17) is 5.73 Å². The molecule has 0 aliphatic rings. The van der Waals surface area contributed by atoms with Crippen molar-refractivity contribution in [3.8, 4) is 0 Å². The number of hydrogen-bond donors (Lipinski definition) is 1. The fourth-order valence-corrected chi connectivity index (χ4v) is 2.29. The molecule has 0 amide bonds. The molecular formula is C12H18N2OS. The van der Waals surface area contributed by atoms with E-state index < -0.39 is 5.54 Å². The highest BCUT2D eigenvalue weighted by Crippen LogP contribution is 2.32. The monoisotopic (exact) mass is 238 g/mol. The summed E-state index contributed by atoms with van der Waals surface area (Å²) in [5, 5.41) is 0. The van der Waals surface area contributed by atoms with Gasteiger partial charge < -0.3 is 10.5 Å². The van der Waals surface area contributed by atoms with Crippen LogP contribution in [-0.4, -0.2) is 22.7 Å². The van der Waals surface area contributed by atoms with E-state index >= 15 is 0 Å². The quantitative estimate of drug-likeness (QED) is 0.486. The summed E-state index contributed by atoms with van der Waals surface area (Å²) in [7, 11) is 0. The van der Waals surface area contributed by atoms with E-state index in [1.807, 2.05) is 49.3 Å².